The predicted molar refractivity (Wildman–Crippen MR) is 103 cm³/mol. The first-order valence-electron chi connectivity index (χ1n) is 9.01. The minimum absolute atomic E-state index is 0.343. The average molecular weight is 397 g/mol. The highest BCUT2D eigenvalue weighted by Crippen LogP contribution is 2.42. The number of halogens is 2. The topological polar surface area (TPSA) is 95.9 Å². The minimum Gasteiger partial charge on any atom is -0.313 e. The first-order valence-corrected chi connectivity index (χ1v) is 9.01. The van der Waals surface area contributed by atoms with Crippen LogP contribution in [0.4, 0.5) is 8.78 Å². The molecule has 9 heteroatoms. The molecule has 0 radical (unpaired) electrons. The van der Waals surface area contributed by atoms with Crippen LogP contribution in [0, 0.1) is 18.6 Å². The third-order valence-corrected chi connectivity index (χ3v) is 4.64. The zero-order valence-electron chi connectivity index (χ0n) is 15.4. The van der Waals surface area contributed by atoms with E-state index >= 15 is 0 Å². The van der Waals surface area contributed by atoms with Crippen LogP contribution in [-0.2, 0) is 0 Å². The molecule has 0 amide bonds. The number of aryl methyl sites for hydroxylation is 1. The zero-order chi connectivity index (χ0) is 20.5. The van der Waals surface area contributed by atoms with Crippen molar-refractivity contribution in [2.75, 3.05) is 0 Å². The van der Waals surface area contributed by atoms with Crippen LogP contribution in [-0.4, -0.2) is 24.6 Å². The SMILES string of the molecule is Cc1cccc(F)c1F.O=c1[nH]cc(-c2cc(C3CC3)c3nccn3n2)c(=O)[nH]1. The molecule has 29 heavy (non-hydrogen) atoms. The van der Waals surface area contributed by atoms with Crippen molar-refractivity contribution in [3.8, 4) is 11.3 Å². The van der Waals surface area contributed by atoms with Gasteiger partial charge < -0.3 is 4.98 Å². The Bertz CT molecular complexity index is 1280. The number of fused-ring (bicyclic) bond motifs is 1. The van der Waals surface area contributed by atoms with Gasteiger partial charge in [0, 0.05) is 24.2 Å². The van der Waals surface area contributed by atoms with E-state index in [0.717, 1.165) is 30.1 Å². The fourth-order valence-corrected chi connectivity index (χ4v) is 2.98. The molecule has 148 valence electrons. The maximum atomic E-state index is 12.4. The summed E-state index contributed by atoms with van der Waals surface area (Å²) in [5, 5.41) is 4.38. The van der Waals surface area contributed by atoms with Gasteiger partial charge in [-0.15, -0.1) is 0 Å². The number of hydrogen-bond acceptors (Lipinski definition) is 4. The van der Waals surface area contributed by atoms with E-state index in [9.17, 15) is 18.4 Å². The lowest BCUT2D eigenvalue weighted by molar-refractivity contribution is 0.503. The van der Waals surface area contributed by atoms with Gasteiger partial charge in [0.1, 0.15) is 0 Å². The van der Waals surface area contributed by atoms with Gasteiger partial charge in [0.25, 0.3) is 5.56 Å². The Balaban J connectivity index is 0.000000192. The van der Waals surface area contributed by atoms with Gasteiger partial charge >= 0.3 is 5.69 Å². The molecule has 1 aliphatic rings. The normalized spacial score (nSPS) is 13.2. The Morgan fingerprint density at radius 3 is 2.66 bits per heavy atom. The number of aromatic nitrogens is 5. The molecule has 0 spiro atoms. The Kier molecular flexibility index (Phi) is 4.79. The summed E-state index contributed by atoms with van der Waals surface area (Å²) in [7, 11) is 0. The number of hydrogen-bond donors (Lipinski definition) is 2. The van der Waals surface area contributed by atoms with Crippen molar-refractivity contribution in [1.29, 1.82) is 0 Å². The molecule has 0 aliphatic heterocycles. The summed E-state index contributed by atoms with van der Waals surface area (Å²) in [5.41, 5.74) is 2.20. The Labute approximate surface area is 163 Å². The van der Waals surface area contributed by atoms with Gasteiger partial charge in [0.05, 0.1) is 11.3 Å². The van der Waals surface area contributed by atoms with E-state index in [0.29, 0.717) is 22.7 Å². The van der Waals surface area contributed by atoms with Crippen LogP contribution in [0.3, 0.4) is 0 Å². The number of imidazole rings is 1. The third-order valence-electron chi connectivity index (χ3n) is 4.64. The van der Waals surface area contributed by atoms with Crippen LogP contribution in [0.1, 0.15) is 29.9 Å². The van der Waals surface area contributed by atoms with Crippen LogP contribution in [0.15, 0.2) is 52.4 Å². The van der Waals surface area contributed by atoms with Crippen molar-refractivity contribution in [3.63, 3.8) is 0 Å². The fourth-order valence-electron chi connectivity index (χ4n) is 2.98. The second-order valence-electron chi connectivity index (χ2n) is 6.81. The van der Waals surface area contributed by atoms with Gasteiger partial charge in [-0.25, -0.2) is 23.1 Å². The maximum absolute atomic E-state index is 12.4. The second kappa shape index (κ2) is 7.42. The number of aromatic amines is 2. The van der Waals surface area contributed by atoms with E-state index in [1.54, 1.807) is 16.9 Å². The van der Waals surface area contributed by atoms with Gasteiger partial charge in [0.2, 0.25) is 0 Å². The lowest BCUT2D eigenvalue weighted by atomic mass is 10.1. The zero-order valence-corrected chi connectivity index (χ0v) is 15.4. The molecule has 1 aromatic carbocycles. The third kappa shape index (κ3) is 3.84. The number of rotatable bonds is 2. The summed E-state index contributed by atoms with van der Waals surface area (Å²) in [5.74, 6) is -1.05. The first-order chi connectivity index (χ1) is 13.9. The molecule has 7 nitrogen and oxygen atoms in total. The van der Waals surface area contributed by atoms with Gasteiger partial charge in [-0.3, -0.25) is 9.78 Å². The molecule has 4 aromatic rings. The van der Waals surface area contributed by atoms with Crippen LogP contribution >= 0.6 is 0 Å². The minimum atomic E-state index is -0.782. The van der Waals surface area contributed by atoms with Crippen LogP contribution in [0.25, 0.3) is 16.9 Å². The van der Waals surface area contributed by atoms with Gasteiger partial charge in [-0.1, -0.05) is 12.1 Å². The highest BCUT2D eigenvalue weighted by molar-refractivity contribution is 5.62. The molecular formula is C20H17F2N5O2. The van der Waals surface area contributed by atoms with Crippen molar-refractivity contribution in [2.24, 2.45) is 0 Å². The Morgan fingerprint density at radius 1 is 1.21 bits per heavy atom. The van der Waals surface area contributed by atoms with Crippen molar-refractivity contribution in [2.45, 2.75) is 25.7 Å². The lowest BCUT2D eigenvalue weighted by Crippen LogP contribution is -2.23. The number of H-pyrrole nitrogens is 2. The Morgan fingerprint density at radius 2 is 2.00 bits per heavy atom. The van der Waals surface area contributed by atoms with Crippen molar-refractivity contribution in [1.82, 2.24) is 24.6 Å². The van der Waals surface area contributed by atoms with E-state index in [1.807, 2.05) is 6.07 Å². The molecule has 3 heterocycles. The van der Waals surface area contributed by atoms with Crippen LogP contribution in [0.2, 0.25) is 0 Å². The summed E-state index contributed by atoms with van der Waals surface area (Å²) in [4.78, 5) is 31.9. The molecule has 0 bridgehead atoms. The van der Waals surface area contributed by atoms with Crippen molar-refractivity contribution >= 4 is 5.65 Å². The van der Waals surface area contributed by atoms with E-state index in [-0.39, 0.29) is 0 Å². The Hall–Kier alpha value is -3.62. The van der Waals surface area contributed by atoms with Crippen molar-refractivity contribution < 1.29 is 8.78 Å². The highest BCUT2D eigenvalue weighted by Gasteiger charge is 2.27. The fraction of sp³-hybridized carbons (Fsp3) is 0.200. The molecule has 5 rings (SSSR count). The molecule has 1 fully saturated rings. The van der Waals surface area contributed by atoms with Crippen LogP contribution < -0.4 is 11.2 Å². The van der Waals surface area contributed by atoms with E-state index < -0.39 is 22.9 Å². The first kappa shape index (κ1) is 18.7. The monoisotopic (exact) mass is 397 g/mol. The van der Waals surface area contributed by atoms with E-state index in [4.69, 9.17) is 0 Å². The summed E-state index contributed by atoms with van der Waals surface area (Å²) in [6.45, 7) is 1.53. The smallest absolute Gasteiger partial charge is 0.313 e. The van der Waals surface area contributed by atoms with Gasteiger partial charge in [0.15, 0.2) is 17.3 Å². The second-order valence-corrected chi connectivity index (χ2v) is 6.81. The maximum Gasteiger partial charge on any atom is 0.325 e. The highest BCUT2D eigenvalue weighted by atomic mass is 19.2. The predicted octanol–water partition coefficient (Wildman–Crippen LogP) is 2.92. The standard InChI is InChI=1S/C13H11N5O2.C7H6F2/c19-12-9(6-15-13(20)16-12)10-5-8(7-1-2-7)11-14-3-4-18(11)17-10;1-5-3-2-4-6(8)7(5)9/h3-7H,1-2H2,(H2,15,16,19,20);2-4H,1H3. The van der Waals surface area contributed by atoms with E-state index in [2.05, 4.69) is 20.1 Å². The van der Waals surface area contributed by atoms with Gasteiger partial charge in [-0.05, 0) is 43.4 Å². The van der Waals surface area contributed by atoms with Crippen molar-refractivity contribution in [3.05, 3.63) is 86.5 Å². The molecule has 3 aromatic heterocycles. The molecule has 0 unspecified atom stereocenters. The summed E-state index contributed by atoms with van der Waals surface area (Å²) in [6.07, 6.45) is 7.10. The molecule has 1 aliphatic carbocycles. The van der Waals surface area contributed by atoms with Crippen LogP contribution in [0.5, 0.6) is 0 Å². The van der Waals surface area contributed by atoms with Gasteiger partial charge in [-0.2, -0.15) is 5.10 Å². The molecule has 2 N–H and O–H groups in total. The number of nitrogens with one attached hydrogen (secondary N) is 2. The summed E-state index contributed by atoms with van der Waals surface area (Å²) < 4.78 is 26.2. The quantitative estimate of drug-likeness (QED) is 0.544. The average Bonchev–Trinajstić information content (AvgIpc) is 3.43. The summed E-state index contributed by atoms with van der Waals surface area (Å²) in [6, 6.07) is 6.00. The molecular weight excluding hydrogens is 380 g/mol. The molecule has 1 saturated carbocycles. The lowest BCUT2D eigenvalue weighted by Gasteiger charge is -2.05. The summed E-state index contributed by atoms with van der Waals surface area (Å²) >= 11 is 0. The number of nitrogens with zero attached hydrogens (tertiary/aromatic N) is 3. The molecule has 0 atom stereocenters. The largest absolute Gasteiger partial charge is 0.325 e. The molecule has 0 saturated heterocycles. The number of benzene rings is 1. The van der Waals surface area contributed by atoms with E-state index in [1.165, 1.54) is 25.3 Å².